The molecule has 92 valence electrons. The molecule has 3 nitrogen and oxygen atoms in total. The van der Waals surface area contributed by atoms with Gasteiger partial charge in [-0.3, -0.25) is 4.79 Å². The summed E-state index contributed by atoms with van der Waals surface area (Å²) in [7, 11) is 0. The Morgan fingerprint density at radius 2 is 1.81 bits per heavy atom. The van der Waals surface area contributed by atoms with Crippen LogP contribution in [0.4, 0.5) is 0 Å². The summed E-state index contributed by atoms with van der Waals surface area (Å²) in [6.45, 7) is 7.32. The zero-order chi connectivity index (χ0) is 11.5. The zero-order valence-electron chi connectivity index (χ0n) is 10.5. The minimum absolute atomic E-state index is 0.240. The highest BCUT2D eigenvalue weighted by molar-refractivity contribution is 5.79. The van der Waals surface area contributed by atoms with Crippen molar-refractivity contribution >= 4 is 5.91 Å². The predicted molar refractivity (Wildman–Crippen MR) is 65.2 cm³/mol. The largest absolute Gasteiger partial charge is 0.342 e. The number of rotatable bonds is 1. The SMILES string of the molecule is CC1CCN(C(=O)C2CCC(C)NC2)CC1. The molecular formula is C13H24N2O. The second-order valence-corrected chi connectivity index (χ2v) is 5.59. The topological polar surface area (TPSA) is 32.3 Å². The van der Waals surface area contributed by atoms with Gasteiger partial charge in [0.1, 0.15) is 0 Å². The van der Waals surface area contributed by atoms with Gasteiger partial charge in [0.2, 0.25) is 5.91 Å². The molecule has 0 aromatic rings. The first-order valence-corrected chi connectivity index (χ1v) is 6.69. The first-order chi connectivity index (χ1) is 7.66. The average Bonchev–Trinajstić information content (AvgIpc) is 2.30. The molecule has 1 N–H and O–H groups in total. The van der Waals surface area contributed by atoms with Crippen LogP contribution >= 0.6 is 0 Å². The highest BCUT2D eigenvalue weighted by atomic mass is 16.2. The van der Waals surface area contributed by atoms with Gasteiger partial charge in [0, 0.05) is 25.7 Å². The van der Waals surface area contributed by atoms with Crippen LogP contribution in [0.5, 0.6) is 0 Å². The highest BCUT2D eigenvalue weighted by Gasteiger charge is 2.29. The molecule has 0 aliphatic carbocycles. The third-order valence-electron chi connectivity index (χ3n) is 4.11. The molecular weight excluding hydrogens is 200 g/mol. The molecule has 0 radical (unpaired) electrons. The lowest BCUT2D eigenvalue weighted by Crippen LogP contribution is -2.47. The maximum absolute atomic E-state index is 12.3. The van der Waals surface area contributed by atoms with Crippen molar-refractivity contribution in [1.29, 1.82) is 0 Å². The molecule has 1 amide bonds. The Bertz CT molecular complexity index is 214. The van der Waals surface area contributed by atoms with E-state index in [-0.39, 0.29) is 5.92 Å². The van der Waals surface area contributed by atoms with Gasteiger partial charge >= 0.3 is 0 Å². The van der Waals surface area contributed by atoms with E-state index in [4.69, 9.17) is 0 Å². The van der Waals surface area contributed by atoms with Crippen LogP contribution in [0.15, 0.2) is 0 Å². The first-order valence-electron chi connectivity index (χ1n) is 6.69. The van der Waals surface area contributed by atoms with Crippen LogP contribution in [0.25, 0.3) is 0 Å². The summed E-state index contributed by atoms with van der Waals surface area (Å²) in [5.74, 6) is 1.43. The van der Waals surface area contributed by atoms with Crippen molar-refractivity contribution < 1.29 is 4.79 Å². The van der Waals surface area contributed by atoms with Gasteiger partial charge in [-0.05, 0) is 38.5 Å². The van der Waals surface area contributed by atoms with Gasteiger partial charge in [-0.25, -0.2) is 0 Å². The zero-order valence-corrected chi connectivity index (χ0v) is 10.5. The Labute approximate surface area is 98.6 Å². The molecule has 0 bridgehead atoms. The first kappa shape index (κ1) is 11.9. The fourth-order valence-corrected chi connectivity index (χ4v) is 2.70. The van der Waals surface area contributed by atoms with Gasteiger partial charge < -0.3 is 10.2 Å². The molecule has 2 aliphatic rings. The number of hydrogen-bond acceptors (Lipinski definition) is 2. The number of carbonyl (C=O) groups is 1. The Balaban J connectivity index is 1.83. The van der Waals surface area contributed by atoms with Crippen LogP contribution in [-0.4, -0.2) is 36.5 Å². The molecule has 16 heavy (non-hydrogen) atoms. The summed E-state index contributed by atoms with van der Waals surface area (Å²) >= 11 is 0. The van der Waals surface area contributed by atoms with Crippen molar-refractivity contribution in [3.05, 3.63) is 0 Å². The maximum Gasteiger partial charge on any atom is 0.226 e. The van der Waals surface area contributed by atoms with E-state index in [0.29, 0.717) is 11.9 Å². The normalized spacial score (nSPS) is 32.8. The summed E-state index contributed by atoms with van der Waals surface area (Å²) in [4.78, 5) is 14.3. The lowest BCUT2D eigenvalue weighted by Gasteiger charge is -2.35. The van der Waals surface area contributed by atoms with Crippen molar-refractivity contribution in [2.45, 2.75) is 45.6 Å². The van der Waals surface area contributed by atoms with Crippen molar-refractivity contribution in [2.24, 2.45) is 11.8 Å². The van der Waals surface area contributed by atoms with E-state index in [1.165, 1.54) is 12.8 Å². The number of piperidine rings is 2. The summed E-state index contributed by atoms with van der Waals surface area (Å²) in [5.41, 5.74) is 0. The third-order valence-corrected chi connectivity index (χ3v) is 4.11. The monoisotopic (exact) mass is 224 g/mol. The second-order valence-electron chi connectivity index (χ2n) is 5.59. The Kier molecular flexibility index (Phi) is 3.85. The van der Waals surface area contributed by atoms with Gasteiger partial charge in [0.25, 0.3) is 0 Å². The molecule has 2 unspecified atom stereocenters. The van der Waals surface area contributed by atoms with Crippen molar-refractivity contribution in [1.82, 2.24) is 10.2 Å². The highest BCUT2D eigenvalue weighted by Crippen LogP contribution is 2.21. The van der Waals surface area contributed by atoms with Crippen LogP contribution in [0.3, 0.4) is 0 Å². The number of hydrogen-bond donors (Lipinski definition) is 1. The smallest absolute Gasteiger partial charge is 0.226 e. The standard InChI is InChI=1S/C13H24N2O/c1-10-5-7-15(8-6-10)13(16)12-4-3-11(2)14-9-12/h10-12,14H,3-9H2,1-2H3. The van der Waals surface area contributed by atoms with Gasteiger partial charge in [-0.1, -0.05) is 6.92 Å². The number of nitrogens with zero attached hydrogens (tertiary/aromatic N) is 1. The number of likely N-dealkylation sites (tertiary alicyclic amines) is 1. The minimum atomic E-state index is 0.240. The second kappa shape index (κ2) is 5.17. The molecule has 0 saturated carbocycles. The van der Waals surface area contributed by atoms with E-state index in [2.05, 4.69) is 24.1 Å². The summed E-state index contributed by atoms with van der Waals surface area (Å²) < 4.78 is 0. The molecule has 0 spiro atoms. The van der Waals surface area contributed by atoms with Crippen LogP contribution in [0.2, 0.25) is 0 Å². The fourth-order valence-electron chi connectivity index (χ4n) is 2.70. The molecule has 0 aromatic carbocycles. The molecule has 2 fully saturated rings. The third kappa shape index (κ3) is 2.76. The van der Waals surface area contributed by atoms with Gasteiger partial charge in [-0.15, -0.1) is 0 Å². The van der Waals surface area contributed by atoms with Crippen LogP contribution < -0.4 is 5.32 Å². The number of nitrogens with one attached hydrogen (secondary N) is 1. The van der Waals surface area contributed by atoms with Crippen molar-refractivity contribution in [3.63, 3.8) is 0 Å². The molecule has 2 atom stereocenters. The molecule has 2 rings (SSSR count). The van der Waals surface area contributed by atoms with Gasteiger partial charge in [0.15, 0.2) is 0 Å². The van der Waals surface area contributed by atoms with E-state index >= 15 is 0 Å². The molecule has 2 aliphatic heterocycles. The van der Waals surface area contributed by atoms with Crippen molar-refractivity contribution in [3.8, 4) is 0 Å². The number of carbonyl (C=O) groups excluding carboxylic acids is 1. The molecule has 0 aromatic heterocycles. The summed E-state index contributed by atoms with van der Waals surface area (Å²) in [6.07, 6.45) is 4.57. The lowest BCUT2D eigenvalue weighted by molar-refractivity contribution is -0.137. The molecule has 3 heteroatoms. The van der Waals surface area contributed by atoms with E-state index in [9.17, 15) is 4.79 Å². The van der Waals surface area contributed by atoms with Gasteiger partial charge in [0.05, 0.1) is 5.92 Å². The Hall–Kier alpha value is -0.570. The lowest BCUT2D eigenvalue weighted by atomic mass is 9.92. The van der Waals surface area contributed by atoms with Gasteiger partial charge in [-0.2, -0.15) is 0 Å². The quantitative estimate of drug-likeness (QED) is 0.734. The number of amides is 1. The summed E-state index contributed by atoms with van der Waals surface area (Å²) in [5, 5.41) is 3.41. The fraction of sp³-hybridized carbons (Fsp3) is 0.923. The van der Waals surface area contributed by atoms with E-state index in [1.807, 2.05) is 0 Å². The van der Waals surface area contributed by atoms with Crippen LogP contribution in [0.1, 0.15) is 39.5 Å². The summed E-state index contributed by atoms with van der Waals surface area (Å²) in [6, 6.07) is 0.588. The Morgan fingerprint density at radius 3 is 2.38 bits per heavy atom. The van der Waals surface area contributed by atoms with Crippen LogP contribution in [-0.2, 0) is 4.79 Å². The van der Waals surface area contributed by atoms with E-state index in [1.54, 1.807) is 0 Å². The minimum Gasteiger partial charge on any atom is -0.342 e. The van der Waals surface area contributed by atoms with E-state index < -0.39 is 0 Å². The molecule has 2 heterocycles. The average molecular weight is 224 g/mol. The molecule has 2 saturated heterocycles. The maximum atomic E-state index is 12.3. The van der Waals surface area contributed by atoms with E-state index in [0.717, 1.165) is 38.4 Å². The van der Waals surface area contributed by atoms with Crippen molar-refractivity contribution in [2.75, 3.05) is 19.6 Å². The predicted octanol–water partition coefficient (Wildman–Crippen LogP) is 1.63. The van der Waals surface area contributed by atoms with Crippen LogP contribution in [0, 0.1) is 11.8 Å². The Morgan fingerprint density at radius 1 is 1.12 bits per heavy atom.